The zero-order valence-corrected chi connectivity index (χ0v) is 8.48. The number of rotatable bonds is 2. The molecule has 0 radical (unpaired) electrons. The van der Waals surface area contributed by atoms with Crippen molar-refractivity contribution < 1.29 is 9.53 Å². The van der Waals surface area contributed by atoms with Gasteiger partial charge in [0.1, 0.15) is 6.10 Å². The summed E-state index contributed by atoms with van der Waals surface area (Å²) in [6.45, 7) is 5.32. The van der Waals surface area contributed by atoms with Crippen molar-refractivity contribution >= 4 is 5.97 Å². The van der Waals surface area contributed by atoms with E-state index in [1.54, 1.807) is 0 Å². The number of esters is 1. The lowest BCUT2D eigenvalue weighted by Crippen LogP contribution is -2.26. The molecule has 0 aromatic carbocycles. The second kappa shape index (κ2) is 3.60. The van der Waals surface area contributed by atoms with E-state index in [1.807, 2.05) is 12.2 Å². The van der Waals surface area contributed by atoms with Gasteiger partial charge in [-0.25, -0.2) is 0 Å². The van der Waals surface area contributed by atoms with Gasteiger partial charge >= 0.3 is 5.97 Å². The first-order valence-corrected chi connectivity index (χ1v) is 5.20. The molecule has 2 nitrogen and oxygen atoms in total. The van der Waals surface area contributed by atoms with E-state index in [0.717, 1.165) is 0 Å². The molecule has 2 aliphatic rings. The normalized spacial score (nSPS) is 39.5. The molecule has 2 heteroatoms. The average molecular weight is 192 g/mol. The summed E-state index contributed by atoms with van der Waals surface area (Å²) in [6, 6.07) is 0. The summed E-state index contributed by atoms with van der Waals surface area (Å²) >= 11 is 0. The molecule has 76 valence electrons. The van der Waals surface area contributed by atoms with Crippen molar-refractivity contribution in [1.82, 2.24) is 0 Å². The van der Waals surface area contributed by atoms with Crippen LogP contribution in [0, 0.1) is 17.8 Å². The molecule has 2 rings (SSSR count). The summed E-state index contributed by atoms with van der Waals surface area (Å²) in [5, 5.41) is 0. The van der Waals surface area contributed by atoms with Gasteiger partial charge in [0.2, 0.25) is 0 Å². The lowest BCUT2D eigenvalue weighted by atomic mass is 9.89. The Balaban J connectivity index is 2.09. The summed E-state index contributed by atoms with van der Waals surface area (Å²) < 4.78 is 5.28. The number of fused-ring (bicyclic) bond motifs is 1. The zero-order chi connectivity index (χ0) is 10.1. The highest BCUT2D eigenvalue weighted by molar-refractivity contribution is 5.66. The van der Waals surface area contributed by atoms with E-state index in [-0.39, 0.29) is 12.1 Å². The third kappa shape index (κ3) is 1.49. The Kier molecular flexibility index (Phi) is 2.44. The predicted octanol–water partition coefficient (Wildman–Crippen LogP) is 2.32. The fourth-order valence-corrected chi connectivity index (χ4v) is 2.76. The monoisotopic (exact) mass is 192 g/mol. The van der Waals surface area contributed by atoms with Crippen LogP contribution in [0.25, 0.3) is 0 Å². The summed E-state index contributed by atoms with van der Waals surface area (Å²) in [5.74, 6) is 1.38. The summed E-state index contributed by atoms with van der Waals surface area (Å²) in [6.07, 6.45) is 8.61. The van der Waals surface area contributed by atoms with Crippen molar-refractivity contribution in [2.24, 2.45) is 17.8 Å². The zero-order valence-electron chi connectivity index (χ0n) is 8.48. The molecule has 0 N–H and O–H groups in total. The maximum absolute atomic E-state index is 10.9. The van der Waals surface area contributed by atoms with Crippen LogP contribution in [0.1, 0.15) is 19.8 Å². The van der Waals surface area contributed by atoms with Gasteiger partial charge in [-0.1, -0.05) is 12.2 Å². The second-order valence-electron chi connectivity index (χ2n) is 4.18. The molecular formula is C12H16O2. The quantitative estimate of drug-likeness (QED) is 0.495. The Morgan fingerprint density at radius 1 is 1.50 bits per heavy atom. The van der Waals surface area contributed by atoms with Crippen molar-refractivity contribution in [3.05, 3.63) is 24.8 Å². The van der Waals surface area contributed by atoms with Gasteiger partial charge in [0.25, 0.3) is 0 Å². The highest BCUT2D eigenvalue weighted by atomic mass is 16.5. The minimum Gasteiger partial charge on any atom is -0.458 e. The highest BCUT2D eigenvalue weighted by Crippen LogP contribution is 2.45. The fraction of sp³-hybridized carbons (Fsp3) is 0.583. The molecule has 0 heterocycles. The van der Waals surface area contributed by atoms with Crippen LogP contribution < -0.4 is 0 Å². The lowest BCUT2D eigenvalue weighted by molar-refractivity contribution is -0.146. The summed E-state index contributed by atoms with van der Waals surface area (Å²) in [5.41, 5.74) is 0. The Morgan fingerprint density at radius 2 is 2.29 bits per heavy atom. The molecular weight excluding hydrogens is 176 g/mol. The van der Waals surface area contributed by atoms with Crippen LogP contribution in [0.15, 0.2) is 24.8 Å². The van der Waals surface area contributed by atoms with Crippen LogP contribution in [-0.4, -0.2) is 12.1 Å². The second-order valence-corrected chi connectivity index (χ2v) is 4.18. The van der Waals surface area contributed by atoms with Crippen LogP contribution in [-0.2, 0) is 9.53 Å². The highest BCUT2D eigenvalue weighted by Gasteiger charge is 2.42. The molecule has 0 bridgehead atoms. The number of ether oxygens (including phenoxy) is 1. The van der Waals surface area contributed by atoms with E-state index in [2.05, 4.69) is 12.7 Å². The molecule has 14 heavy (non-hydrogen) atoms. The Hall–Kier alpha value is -1.05. The number of hydrogen-bond donors (Lipinski definition) is 0. The van der Waals surface area contributed by atoms with Crippen molar-refractivity contribution in [2.45, 2.75) is 25.9 Å². The van der Waals surface area contributed by atoms with Gasteiger partial charge in [0, 0.05) is 12.8 Å². The van der Waals surface area contributed by atoms with E-state index >= 15 is 0 Å². The van der Waals surface area contributed by atoms with Gasteiger partial charge in [-0.2, -0.15) is 0 Å². The lowest BCUT2D eigenvalue weighted by Gasteiger charge is -2.22. The van der Waals surface area contributed by atoms with Gasteiger partial charge in [0.05, 0.1) is 0 Å². The third-order valence-corrected chi connectivity index (χ3v) is 3.35. The first kappa shape index (κ1) is 9.50. The molecule has 1 saturated carbocycles. The first-order chi connectivity index (χ1) is 6.72. The van der Waals surface area contributed by atoms with E-state index in [9.17, 15) is 4.79 Å². The number of hydrogen-bond acceptors (Lipinski definition) is 2. The fourth-order valence-electron chi connectivity index (χ4n) is 2.76. The maximum Gasteiger partial charge on any atom is 0.303 e. The SMILES string of the molecule is C=C[C@@H]1CC[C@@H]2C=C[C@H](OC(C)=O)[C@H]12. The van der Waals surface area contributed by atoms with Gasteiger partial charge < -0.3 is 4.74 Å². The Morgan fingerprint density at radius 3 is 2.93 bits per heavy atom. The van der Waals surface area contributed by atoms with Crippen LogP contribution in [0.3, 0.4) is 0 Å². The molecule has 0 amide bonds. The first-order valence-electron chi connectivity index (χ1n) is 5.20. The van der Waals surface area contributed by atoms with Crippen LogP contribution >= 0.6 is 0 Å². The van der Waals surface area contributed by atoms with E-state index in [4.69, 9.17) is 4.74 Å². The van der Waals surface area contributed by atoms with Crippen molar-refractivity contribution in [1.29, 1.82) is 0 Å². The molecule has 0 saturated heterocycles. The van der Waals surface area contributed by atoms with Crippen LogP contribution in [0.5, 0.6) is 0 Å². The Labute approximate surface area is 84.6 Å². The maximum atomic E-state index is 10.9. The minimum atomic E-state index is -0.185. The molecule has 0 aromatic rings. The molecule has 0 aliphatic heterocycles. The molecule has 2 aliphatic carbocycles. The smallest absolute Gasteiger partial charge is 0.303 e. The number of carbonyl (C=O) groups excluding carboxylic acids is 1. The molecule has 4 atom stereocenters. The minimum absolute atomic E-state index is 0.0111. The average Bonchev–Trinajstić information content (AvgIpc) is 2.67. The van der Waals surface area contributed by atoms with Gasteiger partial charge in [-0.3, -0.25) is 4.79 Å². The molecule has 0 spiro atoms. The molecule has 0 unspecified atom stereocenters. The largest absolute Gasteiger partial charge is 0.458 e. The van der Waals surface area contributed by atoms with Gasteiger partial charge in [-0.15, -0.1) is 6.58 Å². The Bertz CT molecular complexity index is 280. The summed E-state index contributed by atoms with van der Waals surface area (Å²) in [7, 11) is 0. The van der Waals surface area contributed by atoms with Crippen molar-refractivity contribution in [3.63, 3.8) is 0 Å². The van der Waals surface area contributed by atoms with E-state index in [1.165, 1.54) is 19.8 Å². The number of allylic oxidation sites excluding steroid dienone is 2. The van der Waals surface area contributed by atoms with Gasteiger partial charge in [-0.05, 0) is 30.8 Å². The standard InChI is InChI=1S/C12H16O2/c1-3-9-4-5-10-6-7-11(12(9)10)14-8(2)13/h3,6-7,9-12H,1,4-5H2,2H3/t9-,10-,11+,12-/m1/s1. The number of carbonyl (C=O) groups is 1. The topological polar surface area (TPSA) is 26.3 Å². The van der Waals surface area contributed by atoms with E-state index in [0.29, 0.717) is 17.8 Å². The summed E-state index contributed by atoms with van der Waals surface area (Å²) in [4.78, 5) is 10.9. The molecule has 0 aromatic heterocycles. The van der Waals surface area contributed by atoms with E-state index < -0.39 is 0 Å². The van der Waals surface area contributed by atoms with Crippen molar-refractivity contribution in [3.8, 4) is 0 Å². The molecule has 1 fully saturated rings. The van der Waals surface area contributed by atoms with Crippen molar-refractivity contribution in [2.75, 3.05) is 0 Å². The van der Waals surface area contributed by atoms with Crippen LogP contribution in [0.2, 0.25) is 0 Å². The predicted molar refractivity (Wildman–Crippen MR) is 54.6 cm³/mol. The third-order valence-electron chi connectivity index (χ3n) is 3.35. The van der Waals surface area contributed by atoms with Gasteiger partial charge in [0.15, 0.2) is 0 Å². The van der Waals surface area contributed by atoms with Crippen LogP contribution in [0.4, 0.5) is 0 Å².